The van der Waals surface area contributed by atoms with Gasteiger partial charge in [-0.3, -0.25) is 4.79 Å². The summed E-state index contributed by atoms with van der Waals surface area (Å²) in [4.78, 5) is 17.2. The number of nitrogens with zero attached hydrogens (tertiary/aromatic N) is 2. The van der Waals surface area contributed by atoms with Gasteiger partial charge in [-0.1, -0.05) is 0 Å². The van der Waals surface area contributed by atoms with E-state index in [-0.39, 0.29) is 16.5 Å². The van der Waals surface area contributed by atoms with Gasteiger partial charge < -0.3 is 5.32 Å². The van der Waals surface area contributed by atoms with Crippen LogP contribution in [0.5, 0.6) is 0 Å². The van der Waals surface area contributed by atoms with Crippen LogP contribution in [0, 0.1) is 6.92 Å². The van der Waals surface area contributed by atoms with E-state index >= 15 is 0 Å². The molecule has 3 rings (SSSR count). The van der Waals surface area contributed by atoms with Crippen molar-refractivity contribution in [1.29, 1.82) is 0 Å². The van der Waals surface area contributed by atoms with E-state index in [9.17, 15) is 26.4 Å². The first-order chi connectivity index (χ1) is 13.5. The predicted molar refractivity (Wildman–Crippen MR) is 102 cm³/mol. The minimum atomic E-state index is -4.52. The molecule has 1 N–H and O–H groups in total. The van der Waals surface area contributed by atoms with E-state index in [0.29, 0.717) is 6.42 Å². The van der Waals surface area contributed by atoms with Crippen LogP contribution in [-0.2, 0) is 16.4 Å². The van der Waals surface area contributed by atoms with E-state index in [1.54, 1.807) is 5.32 Å². The van der Waals surface area contributed by atoms with E-state index in [1.807, 2.05) is 6.92 Å². The van der Waals surface area contributed by atoms with Crippen molar-refractivity contribution in [3.63, 3.8) is 0 Å². The molecule has 1 aliphatic rings. The first-order valence-electron chi connectivity index (χ1n) is 8.88. The molecule has 0 aliphatic heterocycles. The van der Waals surface area contributed by atoms with Crippen LogP contribution in [0.2, 0.25) is 0 Å². The van der Waals surface area contributed by atoms with Gasteiger partial charge in [0.1, 0.15) is 6.54 Å². The molecule has 0 saturated heterocycles. The number of benzene rings is 1. The Bertz CT molecular complexity index is 1000. The van der Waals surface area contributed by atoms with Gasteiger partial charge in [0.15, 0.2) is 0 Å². The fourth-order valence-electron chi connectivity index (χ4n) is 3.26. The molecular weight excluding hydrogens is 427 g/mol. The van der Waals surface area contributed by atoms with E-state index in [0.717, 1.165) is 28.4 Å². The molecule has 0 spiro atoms. The van der Waals surface area contributed by atoms with Crippen LogP contribution in [0.3, 0.4) is 0 Å². The number of sulfonamides is 1. The third kappa shape index (κ3) is 4.78. The number of fused-ring (bicyclic) bond motifs is 1. The molecule has 1 heterocycles. The molecule has 1 unspecified atom stereocenters. The summed E-state index contributed by atoms with van der Waals surface area (Å²) in [5.41, 5.74) is 0.886. The maximum Gasteiger partial charge on any atom is 0.405 e. The highest BCUT2D eigenvalue weighted by Gasteiger charge is 2.34. The SMILES string of the molecule is Cc1nc2c(s1)C(N(C)S(=O)(=O)c1ccc(C(=O)NCC(F)(F)F)cc1)CCC2. The number of aromatic nitrogens is 1. The monoisotopic (exact) mass is 447 g/mol. The maximum atomic E-state index is 13.0. The molecule has 29 heavy (non-hydrogen) atoms. The standard InChI is InChI=1S/C18H20F3N3O3S2/c1-11-23-14-4-3-5-15(16(14)28-11)24(2)29(26,27)13-8-6-12(7-9-13)17(25)22-10-18(19,20)21/h6-9,15H,3-5,10H2,1-2H3,(H,22,25). The average molecular weight is 448 g/mol. The Labute approximate surface area is 170 Å². The molecule has 0 bridgehead atoms. The smallest absolute Gasteiger partial charge is 0.343 e. The summed E-state index contributed by atoms with van der Waals surface area (Å²) in [6.07, 6.45) is -2.18. The van der Waals surface area contributed by atoms with Crippen LogP contribution >= 0.6 is 11.3 Å². The molecule has 1 atom stereocenters. The number of halogens is 3. The third-order valence-corrected chi connectivity index (χ3v) is 7.71. The minimum absolute atomic E-state index is 0.0271. The Hall–Kier alpha value is -1.98. The molecule has 6 nitrogen and oxygen atoms in total. The molecule has 1 amide bonds. The lowest BCUT2D eigenvalue weighted by atomic mass is 9.98. The summed E-state index contributed by atoms with van der Waals surface area (Å²) in [5.74, 6) is -0.920. The van der Waals surface area contributed by atoms with Crippen molar-refractivity contribution in [3.8, 4) is 0 Å². The van der Waals surface area contributed by atoms with Crippen LogP contribution in [0.25, 0.3) is 0 Å². The van der Waals surface area contributed by atoms with Gasteiger partial charge in [-0.05, 0) is 50.5 Å². The Morgan fingerprint density at radius 1 is 1.31 bits per heavy atom. The molecular formula is C18H20F3N3O3S2. The molecule has 1 aliphatic carbocycles. The second kappa shape index (κ2) is 8.04. The highest BCUT2D eigenvalue weighted by Crippen LogP contribution is 2.39. The number of thiazole rings is 1. The summed E-state index contributed by atoms with van der Waals surface area (Å²) in [6.45, 7) is 0.435. The number of aryl methyl sites for hydroxylation is 2. The predicted octanol–water partition coefficient (Wildman–Crippen LogP) is 3.44. The lowest BCUT2D eigenvalue weighted by Gasteiger charge is -2.30. The van der Waals surface area contributed by atoms with E-state index in [1.165, 1.54) is 47.0 Å². The second-order valence-electron chi connectivity index (χ2n) is 6.80. The quantitative estimate of drug-likeness (QED) is 0.762. The summed E-state index contributed by atoms with van der Waals surface area (Å²) in [6, 6.07) is 4.56. The first kappa shape index (κ1) is 21.7. The fraction of sp³-hybridized carbons (Fsp3) is 0.444. The lowest BCUT2D eigenvalue weighted by Crippen LogP contribution is -2.34. The largest absolute Gasteiger partial charge is 0.405 e. The number of rotatable bonds is 5. The number of hydrogen-bond acceptors (Lipinski definition) is 5. The Morgan fingerprint density at radius 2 is 1.97 bits per heavy atom. The second-order valence-corrected chi connectivity index (χ2v) is 10.0. The van der Waals surface area contributed by atoms with Crippen molar-refractivity contribution in [2.24, 2.45) is 0 Å². The highest BCUT2D eigenvalue weighted by atomic mass is 32.2. The zero-order valence-corrected chi connectivity index (χ0v) is 17.4. The summed E-state index contributed by atoms with van der Waals surface area (Å²) < 4.78 is 64.1. The van der Waals surface area contributed by atoms with Gasteiger partial charge in [-0.15, -0.1) is 11.3 Å². The average Bonchev–Trinajstić information content (AvgIpc) is 3.05. The van der Waals surface area contributed by atoms with Gasteiger partial charge in [0.05, 0.1) is 21.6 Å². The zero-order chi connectivity index (χ0) is 21.4. The molecule has 1 aromatic carbocycles. The summed E-state index contributed by atoms with van der Waals surface area (Å²) >= 11 is 1.49. The van der Waals surface area contributed by atoms with E-state index in [2.05, 4.69) is 4.98 Å². The van der Waals surface area contributed by atoms with Gasteiger partial charge in [0, 0.05) is 17.5 Å². The first-order valence-corrected chi connectivity index (χ1v) is 11.1. The summed E-state index contributed by atoms with van der Waals surface area (Å²) in [5, 5.41) is 2.65. The fourth-order valence-corrected chi connectivity index (χ4v) is 5.84. The van der Waals surface area contributed by atoms with Gasteiger partial charge in [-0.2, -0.15) is 17.5 Å². The van der Waals surface area contributed by atoms with Gasteiger partial charge in [0.25, 0.3) is 5.91 Å². The van der Waals surface area contributed by atoms with Crippen LogP contribution in [0.1, 0.15) is 44.8 Å². The maximum absolute atomic E-state index is 13.0. The normalized spacial score (nSPS) is 17.2. The topological polar surface area (TPSA) is 79.4 Å². The summed E-state index contributed by atoms with van der Waals surface area (Å²) in [7, 11) is -2.34. The number of alkyl halides is 3. The van der Waals surface area contributed by atoms with Crippen LogP contribution in [0.4, 0.5) is 13.2 Å². The van der Waals surface area contributed by atoms with Crippen molar-refractivity contribution in [2.75, 3.05) is 13.6 Å². The number of amides is 1. The molecule has 2 aromatic rings. The lowest BCUT2D eigenvalue weighted by molar-refractivity contribution is -0.123. The van der Waals surface area contributed by atoms with Crippen molar-refractivity contribution in [3.05, 3.63) is 45.4 Å². The highest BCUT2D eigenvalue weighted by molar-refractivity contribution is 7.89. The number of carbonyl (C=O) groups excluding carboxylic acids is 1. The number of carbonyl (C=O) groups is 1. The van der Waals surface area contributed by atoms with Crippen LogP contribution < -0.4 is 5.32 Å². The molecule has 1 aromatic heterocycles. The molecule has 0 radical (unpaired) electrons. The van der Waals surface area contributed by atoms with E-state index in [4.69, 9.17) is 0 Å². The molecule has 11 heteroatoms. The number of hydrogen-bond donors (Lipinski definition) is 1. The van der Waals surface area contributed by atoms with E-state index < -0.39 is 28.7 Å². The Balaban J connectivity index is 1.78. The van der Waals surface area contributed by atoms with Gasteiger partial charge in [0.2, 0.25) is 10.0 Å². The van der Waals surface area contributed by atoms with Gasteiger partial charge in [-0.25, -0.2) is 13.4 Å². The van der Waals surface area contributed by atoms with Crippen LogP contribution in [0.15, 0.2) is 29.2 Å². The number of nitrogens with one attached hydrogen (secondary N) is 1. The Kier molecular flexibility index (Phi) is 6.02. The zero-order valence-electron chi connectivity index (χ0n) is 15.8. The van der Waals surface area contributed by atoms with Crippen molar-refractivity contribution < 1.29 is 26.4 Å². The molecule has 0 fully saturated rings. The minimum Gasteiger partial charge on any atom is -0.343 e. The van der Waals surface area contributed by atoms with Crippen molar-refractivity contribution in [2.45, 2.75) is 43.3 Å². The van der Waals surface area contributed by atoms with Crippen molar-refractivity contribution in [1.82, 2.24) is 14.6 Å². The van der Waals surface area contributed by atoms with Crippen molar-refractivity contribution >= 4 is 27.3 Å². The van der Waals surface area contributed by atoms with Crippen LogP contribution in [-0.4, -0.2) is 43.4 Å². The van der Waals surface area contributed by atoms with Gasteiger partial charge >= 0.3 is 6.18 Å². The molecule has 0 saturated carbocycles. The third-order valence-electron chi connectivity index (χ3n) is 4.71. The Morgan fingerprint density at radius 3 is 2.59 bits per heavy atom. The molecule has 158 valence electrons.